The molecule has 2 aliphatic carbocycles. The number of methoxy groups -OCH3 is 1. The Labute approximate surface area is 278 Å². The first-order valence-corrected chi connectivity index (χ1v) is 17.0. The van der Waals surface area contributed by atoms with E-state index in [-0.39, 0.29) is 36.4 Å². The molecule has 2 heterocycles. The first kappa shape index (κ1) is 34.1. The predicted molar refractivity (Wildman–Crippen MR) is 181 cm³/mol. The second kappa shape index (κ2) is 15.6. The Balaban J connectivity index is 1.29. The highest BCUT2D eigenvalue weighted by atomic mass is 16.5. The molecule has 0 spiro atoms. The van der Waals surface area contributed by atoms with Crippen LogP contribution in [0.1, 0.15) is 95.2 Å². The lowest BCUT2D eigenvalue weighted by Gasteiger charge is -2.36. The van der Waals surface area contributed by atoms with Crippen LogP contribution in [-0.4, -0.2) is 58.9 Å². The summed E-state index contributed by atoms with van der Waals surface area (Å²) < 4.78 is 12.2. The molecule has 0 aliphatic heterocycles. The number of amides is 2. The van der Waals surface area contributed by atoms with Crippen molar-refractivity contribution in [1.82, 2.24) is 20.1 Å². The number of aryl methyl sites for hydroxylation is 1. The van der Waals surface area contributed by atoms with E-state index in [4.69, 9.17) is 14.5 Å². The topological polar surface area (TPSA) is 116 Å². The SMILES string of the molecule is COc1ccc([C@H]2CC[C@H](CN(c3cc(-c4cnn(C(C)C)c4)ccn3)C(=O)[C@H]3CC[C@H](NC(=O)COC(C)=O)CC3)CC2)cc1C. The third kappa shape index (κ3) is 8.78. The van der Waals surface area contributed by atoms with E-state index < -0.39 is 5.97 Å². The Kier molecular flexibility index (Phi) is 11.3. The van der Waals surface area contributed by atoms with Crippen LogP contribution in [0.25, 0.3) is 11.1 Å². The third-order valence-electron chi connectivity index (χ3n) is 9.78. The number of nitrogens with zero attached hydrogens (tertiary/aromatic N) is 4. The molecule has 2 aromatic heterocycles. The summed E-state index contributed by atoms with van der Waals surface area (Å²) in [4.78, 5) is 44.3. The number of hydrogen-bond acceptors (Lipinski definition) is 7. The molecule has 1 N–H and O–H groups in total. The number of nitrogens with one attached hydrogen (secondary N) is 1. The molecule has 0 saturated heterocycles. The van der Waals surface area contributed by atoms with Gasteiger partial charge in [0.25, 0.3) is 5.91 Å². The van der Waals surface area contributed by atoms with Crippen LogP contribution in [-0.2, 0) is 19.1 Å². The molecule has 252 valence electrons. The Bertz CT molecular complexity index is 1540. The van der Waals surface area contributed by atoms with Gasteiger partial charge in [-0.25, -0.2) is 4.98 Å². The molecule has 1 aromatic carbocycles. The Morgan fingerprint density at radius 1 is 1.00 bits per heavy atom. The molecule has 2 saturated carbocycles. The van der Waals surface area contributed by atoms with Crippen LogP contribution < -0.4 is 15.0 Å². The molecule has 2 aliphatic rings. The Morgan fingerprint density at radius 3 is 2.38 bits per heavy atom. The number of hydrogen-bond donors (Lipinski definition) is 1. The summed E-state index contributed by atoms with van der Waals surface area (Å²) in [7, 11) is 1.71. The minimum Gasteiger partial charge on any atom is -0.496 e. The van der Waals surface area contributed by atoms with E-state index in [1.165, 1.54) is 12.5 Å². The quantitative estimate of drug-likeness (QED) is 0.241. The van der Waals surface area contributed by atoms with Crippen molar-refractivity contribution in [2.24, 2.45) is 11.8 Å². The summed E-state index contributed by atoms with van der Waals surface area (Å²) in [6, 6.07) is 10.7. The van der Waals surface area contributed by atoms with Crippen LogP contribution in [0.2, 0.25) is 0 Å². The van der Waals surface area contributed by atoms with Gasteiger partial charge in [-0.05, 0) is 119 Å². The van der Waals surface area contributed by atoms with Gasteiger partial charge in [0.2, 0.25) is 5.91 Å². The maximum Gasteiger partial charge on any atom is 0.303 e. The maximum absolute atomic E-state index is 14.3. The second-order valence-electron chi connectivity index (χ2n) is 13.5. The van der Waals surface area contributed by atoms with Crippen LogP contribution >= 0.6 is 0 Å². The molecule has 5 rings (SSSR count). The molecule has 2 amide bonds. The van der Waals surface area contributed by atoms with E-state index in [1.54, 1.807) is 13.3 Å². The molecule has 0 bridgehead atoms. The van der Waals surface area contributed by atoms with Crippen LogP contribution in [0.15, 0.2) is 48.9 Å². The number of aromatic nitrogens is 3. The van der Waals surface area contributed by atoms with Gasteiger partial charge in [-0.1, -0.05) is 12.1 Å². The lowest BCUT2D eigenvalue weighted by molar-refractivity contribution is -0.146. The average molecular weight is 644 g/mol. The number of pyridine rings is 1. The number of benzene rings is 1. The number of esters is 1. The van der Waals surface area contributed by atoms with Crippen molar-refractivity contribution in [1.29, 1.82) is 0 Å². The van der Waals surface area contributed by atoms with Crippen molar-refractivity contribution < 1.29 is 23.9 Å². The largest absolute Gasteiger partial charge is 0.496 e. The zero-order chi connectivity index (χ0) is 33.5. The smallest absolute Gasteiger partial charge is 0.303 e. The number of carbonyl (C=O) groups is 3. The van der Waals surface area contributed by atoms with Gasteiger partial charge in [0.15, 0.2) is 6.61 Å². The molecule has 0 radical (unpaired) electrons. The van der Waals surface area contributed by atoms with Crippen LogP contribution in [0.3, 0.4) is 0 Å². The van der Waals surface area contributed by atoms with Crippen molar-refractivity contribution in [3.63, 3.8) is 0 Å². The monoisotopic (exact) mass is 643 g/mol. The van der Waals surface area contributed by atoms with E-state index in [2.05, 4.69) is 49.4 Å². The normalized spacial score (nSPS) is 21.2. The molecule has 0 atom stereocenters. The van der Waals surface area contributed by atoms with Crippen molar-refractivity contribution >= 4 is 23.6 Å². The Morgan fingerprint density at radius 2 is 1.74 bits per heavy atom. The fourth-order valence-corrected chi connectivity index (χ4v) is 7.05. The molecule has 10 heteroatoms. The number of rotatable bonds is 11. The van der Waals surface area contributed by atoms with Crippen molar-refractivity contribution in [3.05, 3.63) is 60.0 Å². The van der Waals surface area contributed by atoms with Gasteiger partial charge < -0.3 is 14.8 Å². The van der Waals surface area contributed by atoms with Gasteiger partial charge in [-0.3, -0.25) is 24.0 Å². The second-order valence-corrected chi connectivity index (χ2v) is 13.5. The highest BCUT2D eigenvalue weighted by molar-refractivity contribution is 5.95. The van der Waals surface area contributed by atoms with E-state index in [9.17, 15) is 14.4 Å². The minimum absolute atomic E-state index is 0.0358. The highest BCUT2D eigenvalue weighted by Crippen LogP contribution is 2.39. The first-order chi connectivity index (χ1) is 22.6. The number of carbonyl (C=O) groups excluding carboxylic acids is 3. The van der Waals surface area contributed by atoms with Gasteiger partial charge in [-0.2, -0.15) is 5.10 Å². The van der Waals surface area contributed by atoms with Gasteiger partial charge >= 0.3 is 5.97 Å². The molecule has 0 unspecified atom stereocenters. The number of anilines is 1. The summed E-state index contributed by atoms with van der Waals surface area (Å²) in [5.74, 6) is 1.64. The summed E-state index contributed by atoms with van der Waals surface area (Å²) in [5.41, 5.74) is 4.50. The van der Waals surface area contributed by atoms with Crippen LogP contribution in [0.4, 0.5) is 5.82 Å². The summed E-state index contributed by atoms with van der Waals surface area (Å²) in [6.07, 6.45) is 12.7. The van der Waals surface area contributed by atoms with Crippen molar-refractivity contribution in [2.75, 3.05) is 25.2 Å². The van der Waals surface area contributed by atoms with Crippen LogP contribution in [0, 0.1) is 18.8 Å². The van der Waals surface area contributed by atoms with E-state index >= 15 is 0 Å². The van der Waals surface area contributed by atoms with Gasteiger partial charge in [0, 0.05) is 49.4 Å². The van der Waals surface area contributed by atoms with Gasteiger partial charge in [0.05, 0.1) is 13.3 Å². The third-order valence-corrected chi connectivity index (χ3v) is 9.78. The summed E-state index contributed by atoms with van der Waals surface area (Å²) in [5, 5.41) is 7.47. The Hall–Kier alpha value is -4.21. The zero-order valence-electron chi connectivity index (χ0n) is 28.4. The molecule has 2 fully saturated rings. The molecule has 47 heavy (non-hydrogen) atoms. The van der Waals surface area contributed by atoms with Gasteiger partial charge in [-0.15, -0.1) is 0 Å². The van der Waals surface area contributed by atoms with E-state index in [1.807, 2.05) is 34.1 Å². The standard InChI is InChI=1S/C37H49N5O5/c1-24(2)42-22-32(20-39-42)31-16-17-38-35(19-31)41(37(45)29-10-13-33(14-11-29)40-36(44)23-47-26(4)43)21-27-6-8-28(9-7-27)30-12-15-34(46-5)25(3)18-30/h12,15-20,22,24,27-29,33H,6-11,13-14,21,23H2,1-5H3,(H,40,44)/t27-,28-,29-,33-. The number of ether oxygens (including phenoxy) is 2. The van der Waals surface area contributed by atoms with E-state index in [0.29, 0.717) is 49.9 Å². The molecule has 10 nitrogen and oxygen atoms in total. The maximum atomic E-state index is 14.3. The lowest BCUT2D eigenvalue weighted by Crippen LogP contribution is -2.45. The van der Waals surface area contributed by atoms with Crippen molar-refractivity contribution in [3.8, 4) is 16.9 Å². The fraction of sp³-hybridized carbons (Fsp3) is 0.541. The average Bonchev–Trinajstić information content (AvgIpc) is 3.58. The summed E-state index contributed by atoms with van der Waals surface area (Å²) >= 11 is 0. The van der Waals surface area contributed by atoms with Crippen LogP contribution in [0.5, 0.6) is 5.75 Å². The fourth-order valence-electron chi connectivity index (χ4n) is 7.05. The predicted octanol–water partition coefficient (Wildman–Crippen LogP) is 6.39. The van der Waals surface area contributed by atoms with Gasteiger partial charge in [0.1, 0.15) is 11.6 Å². The molecular weight excluding hydrogens is 594 g/mol. The summed E-state index contributed by atoms with van der Waals surface area (Å²) in [6.45, 7) is 7.93. The highest BCUT2D eigenvalue weighted by Gasteiger charge is 2.34. The molecular formula is C37H49N5O5. The molecule has 3 aromatic rings. The van der Waals surface area contributed by atoms with E-state index in [0.717, 1.165) is 48.1 Å². The zero-order valence-corrected chi connectivity index (χ0v) is 28.4. The first-order valence-electron chi connectivity index (χ1n) is 17.0. The lowest BCUT2D eigenvalue weighted by atomic mass is 9.78. The minimum atomic E-state index is -0.481. The van der Waals surface area contributed by atoms with Crippen molar-refractivity contribution in [2.45, 2.75) is 97.1 Å².